The van der Waals surface area contributed by atoms with Gasteiger partial charge in [-0.2, -0.15) is 9.97 Å². The third kappa shape index (κ3) is 2.21. The highest BCUT2D eigenvalue weighted by molar-refractivity contribution is 6.30. The van der Waals surface area contributed by atoms with Crippen LogP contribution in [0.25, 0.3) is 11.0 Å². The van der Waals surface area contributed by atoms with Crippen molar-refractivity contribution in [2.75, 3.05) is 31.2 Å². The molecule has 1 aliphatic rings. The summed E-state index contributed by atoms with van der Waals surface area (Å²) in [4.78, 5) is 14.7. The fourth-order valence-corrected chi connectivity index (χ4v) is 2.26. The third-order valence-electron chi connectivity index (χ3n) is 2.79. The molecule has 18 heavy (non-hydrogen) atoms. The van der Waals surface area contributed by atoms with Crippen molar-refractivity contribution in [3.63, 3.8) is 0 Å². The highest BCUT2D eigenvalue weighted by atomic mass is 35.5. The van der Waals surface area contributed by atoms with Gasteiger partial charge in [0.25, 0.3) is 0 Å². The predicted molar refractivity (Wildman–Crippen MR) is 70.4 cm³/mol. The first kappa shape index (κ1) is 11.9. The van der Waals surface area contributed by atoms with Gasteiger partial charge in [-0.05, 0) is 23.7 Å². The Morgan fingerprint density at radius 1 is 1.06 bits per heavy atom. The molecule has 2 aromatic rings. The van der Waals surface area contributed by atoms with Crippen LogP contribution in [0.5, 0.6) is 0 Å². The quantitative estimate of drug-likeness (QED) is 0.593. The lowest BCUT2D eigenvalue weighted by atomic mass is 10.3. The molecule has 94 valence electrons. The number of morpholine rings is 1. The molecular formula is C11H10Cl2N4O. The Morgan fingerprint density at radius 3 is 2.61 bits per heavy atom. The Kier molecular flexibility index (Phi) is 3.20. The van der Waals surface area contributed by atoms with Crippen LogP contribution in [0.15, 0.2) is 12.1 Å². The van der Waals surface area contributed by atoms with Crippen LogP contribution in [0, 0.1) is 0 Å². The average molecular weight is 285 g/mol. The maximum absolute atomic E-state index is 5.93. The molecule has 3 heterocycles. The first-order chi connectivity index (χ1) is 8.74. The van der Waals surface area contributed by atoms with Crippen molar-refractivity contribution in [3.05, 3.63) is 22.6 Å². The maximum atomic E-state index is 5.93. The minimum Gasteiger partial charge on any atom is -0.378 e. The molecule has 0 spiro atoms. The van der Waals surface area contributed by atoms with Crippen molar-refractivity contribution in [2.45, 2.75) is 0 Å². The molecule has 0 saturated carbocycles. The van der Waals surface area contributed by atoms with Crippen molar-refractivity contribution in [2.24, 2.45) is 0 Å². The summed E-state index contributed by atoms with van der Waals surface area (Å²) in [5.74, 6) is 0.789. The lowest BCUT2D eigenvalue weighted by Crippen LogP contribution is -2.37. The van der Waals surface area contributed by atoms with Gasteiger partial charge in [-0.15, -0.1) is 0 Å². The lowest BCUT2D eigenvalue weighted by Gasteiger charge is -2.28. The number of aromatic nitrogens is 3. The zero-order chi connectivity index (χ0) is 12.5. The topological polar surface area (TPSA) is 51.1 Å². The van der Waals surface area contributed by atoms with Crippen LogP contribution >= 0.6 is 23.2 Å². The molecule has 1 fully saturated rings. The lowest BCUT2D eigenvalue weighted by molar-refractivity contribution is 0.122. The Bertz CT molecular complexity index is 581. The van der Waals surface area contributed by atoms with Gasteiger partial charge in [-0.25, -0.2) is 4.98 Å². The van der Waals surface area contributed by atoms with E-state index in [0.29, 0.717) is 24.0 Å². The molecule has 0 unspecified atom stereocenters. The van der Waals surface area contributed by atoms with Gasteiger partial charge in [-0.3, -0.25) is 0 Å². The van der Waals surface area contributed by atoms with E-state index < -0.39 is 0 Å². The first-order valence-corrected chi connectivity index (χ1v) is 6.32. The van der Waals surface area contributed by atoms with Crippen molar-refractivity contribution in [3.8, 4) is 0 Å². The van der Waals surface area contributed by atoms with E-state index in [9.17, 15) is 0 Å². The number of anilines is 1. The number of ether oxygens (including phenoxy) is 1. The van der Waals surface area contributed by atoms with Crippen molar-refractivity contribution < 1.29 is 4.74 Å². The van der Waals surface area contributed by atoms with Crippen molar-refractivity contribution in [1.82, 2.24) is 15.0 Å². The highest BCUT2D eigenvalue weighted by Gasteiger charge is 2.17. The molecule has 0 N–H and O–H groups in total. The van der Waals surface area contributed by atoms with Gasteiger partial charge in [-0.1, -0.05) is 11.6 Å². The predicted octanol–water partition coefficient (Wildman–Crippen LogP) is 2.17. The third-order valence-corrected chi connectivity index (χ3v) is 3.17. The largest absolute Gasteiger partial charge is 0.378 e. The number of pyridine rings is 1. The summed E-state index contributed by atoms with van der Waals surface area (Å²) in [6, 6.07) is 3.59. The molecular weight excluding hydrogens is 275 g/mol. The summed E-state index contributed by atoms with van der Waals surface area (Å²) in [7, 11) is 0. The number of fused-ring (bicyclic) bond motifs is 1. The molecule has 5 nitrogen and oxygen atoms in total. The van der Waals surface area contributed by atoms with Gasteiger partial charge < -0.3 is 9.64 Å². The van der Waals surface area contributed by atoms with Gasteiger partial charge in [0.05, 0.1) is 18.6 Å². The minimum absolute atomic E-state index is 0.179. The zero-order valence-corrected chi connectivity index (χ0v) is 10.9. The van der Waals surface area contributed by atoms with Crippen molar-refractivity contribution >= 4 is 40.1 Å². The molecule has 1 aliphatic heterocycles. The van der Waals surface area contributed by atoms with Gasteiger partial charge in [0.1, 0.15) is 11.0 Å². The van der Waals surface area contributed by atoms with Crippen LogP contribution in [0.1, 0.15) is 0 Å². The zero-order valence-electron chi connectivity index (χ0n) is 9.44. The number of hydrogen-bond donors (Lipinski definition) is 0. The summed E-state index contributed by atoms with van der Waals surface area (Å²) in [6.07, 6.45) is 0. The summed E-state index contributed by atoms with van der Waals surface area (Å²) >= 11 is 11.8. The number of nitrogens with zero attached hydrogens (tertiary/aromatic N) is 4. The SMILES string of the molecule is Clc1ccc2c(N3CCOCC3)nc(Cl)nc2n1. The maximum Gasteiger partial charge on any atom is 0.226 e. The summed E-state index contributed by atoms with van der Waals surface area (Å²) in [6.45, 7) is 2.93. The monoisotopic (exact) mass is 284 g/mol. The molecule has 0 atom stereocenters. The van der Waals surface area contributed by atoms with E-state index in [1.54, 1.807) is 6.07 Å². The van der Waals surface area contributed by atoms with Gasteiger partial charge >= 0.3 is 0 Å². The Morgan fingerprint density at radius 2 is 1.83 bits per heavy atom. The summed E-state index contributed by atoms with van der Waals surface area (Å²) < 4.78 is 5.33. The van der Waals surface area contributed by atoms with Crippen LogP contribution < -0.4 is 4.90 Å². The number of hydrogen-bond acceptors (Lipinski definition) is 5. The summed E-state index contributed by atoms with van der Waals surface area (Å²) in [5.41, 5.74) is 0.518. The van der Waals surface area contributed by atoms with Gasteiger partial charge in [0.2, 0.25) is 5.28 Å². The molecule has 1 saturated heterocycles. The molecule has 3 rings (SSSR count). The minimum atomic E-state index is 0.179. The number of halogens is 2. The molecule has 7 heteroatoms. The molecule has 0 aliphatic carbocycles. The van der Waals surface area contributed by atoms with E-state index in [1.165, 1.54) is 0 Å². The standard InChI is InChI=1S/C11H10Cl2N4O/c12-8-2-1-7-9(14-8)15-11(13)16-10(7)17-3-5-18-6-4-17/h1-2H,3-6H2. The second-order valence-corrected chi connectivity index (χ2v) is 4.65. The van der Waals surface area contributed by atoms with E-state index in [0.717, 1.165) is 24.3 Å². The highest BCUT2D eigenvalue weighted by Crippen LogP contribution is 2.26. The smallest absolute Gasteiger partial charge is 0.226 e. The molecule has 0 amide bonds. The van der Waals surface area contributed by atoms with Crippen LogP contribution in [-0.4, -0.2) is 41.3 Å². The molecule has 0 aromatic carbocycles. The molecule has 0 bridgehead atoms. The van der Waals surface area contributed by atoms with Crippen molar-refractivity contribution in [1.29, 1.82) is 0 Å². The second kappa shape index (κ2) is 4.84. The Hall–Kier alpha value is -1.17. The first-order valence-electron chi connectivity index (χ1n) is 5.56. The fourth-order valence-electron chi connectivity index (χ4n) is 1.96. The van der Waals surface area contributed by atoms with Gasteiger partial charge in [0.15, 0.2) is 5.65 Å². The van der Waals surface area contributed by atoms with Gasteiger partial charge in [0, 0.05) is 13.1 Å². The van der Waals surface area contributed by atoms with E-state index >= 15 is 0 Å². The van der Waals surface area contributed by atoms with Crippen LogP contribution in [0.4, 0.5) is 5.82 Å². The number of rotatable bonds is 1. The molecule has 2 aromatic heterocycles. The van der Waals surface area contributed by atoms with Crippen LogP contribution in [0.3, 0.4) is 0 Å². The van der Waals surface area contributed by atoms with Crippen LogP contribution in [-0.2, 0) is 4.74 Å². The van der Waals surface area contributed by atoms with E-state index in [4.69, 9.17) is 27.9 Å². The van der Waals surface area contributed by atoms with Crippen LogP contribution in [0.2, 0.25) is 10.4 Å². The normalized spacial score (nSPS) is 16.2. The Balaban J connectivity index is 2.14. The summed E-state index contributed by atoms with van der Waals surface area (Å²) in [5, 5.41) is 1.43. The molecule has 0 radical (unpaired) electrons. The Labute approximate surface area is 114 Å². The van der Waals surface area contributed by atoms with E-state index in [-0.39, 0.29) is 5.28 Å². The van der Waals surface area contributed by atoms with E-state index in [2.05, 4.69) is 19.9 Å². The fraction of sp³-hybridized carbons (Fsp3) is 0.364. The second-order valence-electron chi connectivity index (χ2n) is 3.92. The van der Waals surface area contributed by atoms with E-state index in [1.807, 2.05) is 6.07 Å². The average Bonchev–Trinajstić information content (AvgIpc) is 2.38.